The molecule has 1 N–H and O–H groups in total. The van der Waals surface area contributed by atoms with Crippen LogP contribution < -0.4 is 4.74 Å². The topological polar surface area (TPSA) is 47.3 Å². The van der Waals surface area contributed by atoms with Crippen molar-refractivity contribution in [2.75, 3.05) is 7.11 Å². The van der Waals surface area contributed by atoms with Crippen LogP contribution in [0.5, 0.6) is 5.75 Å². The molecule has 4 nitrogen and oxygen atoms in total. The zero-order valence-corrected chi connectivity index (χ0v) is 17.5. The minimum atomic E-state index is -4.96. The Morgan fingerprint density at radius 3 is 2.25 bits per heavy atom. The van der Waals surface area contributed by atoms with E-state index in [4.69, 9.17) is 4.74 Å². The van der Waals surface area contributed by atoms with Crippen molar-refractivity contribution >= 4 is 11.8 Å². The lowest BCUT2D eigenvalue weighted by molar-refractivity contribution is -0.143. The van der Waals surface area contributed by atoms with Gasteiger partial charge in [0.25, 0.3) is 0 Å². The Hall–Kier alpha value is -2.66. The SMILES string of the molecule is COc1ccc(CSc2nc(CO)cn2Cc2ccc(C(F)(F)F)cc2C(F)(F)F)cc1. The van der Waals surface area contributed by atoms with Crippen molar-refractivity contribution in [3.8, 4) is 5.75 Å². The Balaban J connectivity index is 1.89. The van der Waals surface area contributed by atoms with Crippen LogP contribution >= 0.6 is 11.8 Å². The normalized spacial score (nSPS) is 12.2. The highest BCUT2D eigenvalue weighted by Crippen LogP contribution is 2.38. The fraction of sp³-hybridized carbons (Fsp3) is 0.286. The Morgan fingerprint density at radius 1 is 1.00 bits per heavy atom. The molecule has 0 saturated heterocycles. The van der Waals surface area contributed by atoms with E-state index in [-0.39, 0.29) is 23.9 Å². The number of imidazole rings is 1. The minimum absolute atomic E-state index is 0.114. The first-order chi connectivity index (χ1) is 15.0. The number of rotatable bonds is 7. The van der Waals surface area contributed by atoms with Gasteiger partial charge in [0, 0.05) is 11.9 Å². The van der Waals surface area contributed by atoms with Crippen LogP contribution in [0.25, 0.3) is 0 Å². The van der Waals surface area contributed by atoms with Crippen molar-refractivity contribution in [2.24, 2.45) is 0 Å². The largest absolute Gasteiger partial charge is 0.497 e. The summed E-state index contributed by atoms with van der Waals surface area (Å²) in [5.74, 6) is 1.11. The van der Waals surface area contributed by atoms with E-state index >= 15 is 0 Å². The second kappa shape index (κ2) is 9.45. The smallest absolute Gasteiger partial charge is 0.416 e. The first-order valence-electron chi connectivity index (χ1n) is 9.21. The van der Waals surface area contributed by atoms with E-state index in [0.29, 0.717) is 22.7 Å². The molecule has 0 bridgehead atoms. The monoisotopic (exact) mass is 476 g/mol. The summed E-state index contributed by atoms with van der Waals surface area (Å²) in [5, 5.41) is 9.72. The van der Waals surface area contributed by atoms with Gasteiger partial charge in [0.05, 0.1) is 37.1 Å². The van der Waals surface area contributed by atoms with Crippen molar-refractivity contribution < 1.29 is 36.2 Å². The van der Waals surface area contributed by atoms with E-state index < -0.39 is 30.1 Å². The molecule has 3 aromatic rings. The van der Waals surface area contributed by atoms with Crippen molar-refractivity contribution in [1.82, 2.24) is 9.55 Å². The van der Waals surface area contributed by atoms with E-state index in [1.807, 2.05) is 12.1 Å². The summed E-state index contributed by atoms with van der Waals surface area (Å²) in [7, 11) is 1.54. The highest BCUT2D eigenvalue weighted by molar-refractivity contribution is 7.98. The summed E-state index contributed by atoms with van der Waals surface area (Å²) in [4.78, 5) is 4.21. The molecule has 0 atom stereocenters. The van der Waals surface area contributed by atoms with Gasteiger partial charge in [-0.3, -0.25) is 0 Å². The van der Waals surface area contributed by atoms with Gasteiger partial charge >= 0.3 is 12.4 Å². The summed E-state index contributed by atoms with van der Waals surface area (Å²) >= 11 is 1.23. The van der Waals surface area contributed by atoms with Gasteiger partial charge in [-0.15, -0.1) is 0 Å². The number of hydrogen-bond donors (Lipinski definition) is 1. The lowest BCUT2D eigenvalue weighted by Crippen LogP contribution is -2.15. The number of aromatic nitrogens is 2. The fourth-order valence-corrected chi connectivity index (χ4v) is 3.92. The molecule has 3 rings (SSSR count). The van der Waals surface area contributed by atoms with E-state index in [2.05, 4.69) is 4.98 Å². The second-order valence-corrected chi connectivity index (χ2v) is 7.75. The molecule has 0 radical (unpaired) electrons. The molecule has 0 aliphatic rings. The van der Waals surface area contributed by atoms with Gasteiger partial charge in [-0.05, 0) is 35.4 Å². The van der Waals surface area contributed by atoms with Gasteiger partial charge in [-0.1, -0.05) is 30.0 Å². The maximum atomic E-state index is 13.5. The summed E-state index contributed by atoms with van der Waals surface area (Å²) in [6, 6.07) is 8.73. The number of ether oxygens (including phenoxy) is 1. The summed E-state index contributed by atoms with van der Waals surface area (Å²) in [5.41, 5.74) is -1.93. The molecule has 0 saturated carbocycles. The number of methoxy groups -OCH3 is 1. The average Bonchev–Trinajstić information content (AvgIpc) is 3.13. The highest BCUT2D eigenvalue weighted by atomic mass is 32.2. The quantitative estimate of drug-likeness (QED) is 0.348. The van der Waals surface area contributed by atoms with Gasteiger partial charge in [0.2, 0.25) is 0 Å². The number of aliphatic hydroxyl groups excluding tert-OH is 1. The van der Waals surface area contributed by atoms with E-state index in [1.165, 1.54) is 29.6 Å². The summed E-state index contributed by atoms with van der Waals surface area (Å²) in [6.45, 7) is -0.785. The van der Waals surface area contributed by atoms with E-state index in [9.17, 15) is 31.4 Å². The third-order valence-electron chi connectivity index (χ3n) is 4.56. The van der Waals surface area contributed by atoms with E-state index in [1.54, 1.807) is 12.1 Å². The predicted octanol–water partition coefficient (Wildman–Crippen LogP) is 5.76. The van der Waals surface area contributed by atoms with Crippen LogP contribution in [-0.4, -0.2) is 21.8 Å². The number of thioether (sulfide) groups is 1. The van der Waals surface area contributed by atoms with Crippen molar-refractivity contribution in [3.63, 3.8) is 0 Å². The standard InChI is InChI=1S/C21H18F6N2O2S/c1-31-17-6-2-13(3-7-17)12-32-19-28-16(11-30)10-29(19)9-14-4-5-15(20(22,23)24)8-18(14)21(25,26)27/h2-8,10,30H,9,11-12H2,1H3. The summed E-state index contributed by atoms with van der Waals surface area (Å²) in [6.07, 6.45) is -8.47. The van der Waals surface area contributed by atoms with Gasteiger partial charge in [-0.2, -0.15) is 26.3 Å². The van der Waals surface area contributed by atoms with Crippen LogP contribution in [0.2, 0.25) is 0 Å². The first-order valence-corrected chi connectivity index (χ1v) is 10.2. The Kier molecular flexibility index (Phi) is 7.09. The van der Waals surface area contributed by atoms with Crippen molar-refractivity contribution in [3.05, 3.63) is 76.6 Å². The van der Waals surface area contributed by atoms with Gasteiger partial charge in [0.15, 0.2) is 5.16 Å². The van der Waals surface area contributed by atoms with Crippen LogP contribution in [0.15, 0.2) is 53.8 Å². The Morgan fingerprint density at radius 2 is 1.69 bits per heavy atom. The van der Waals surface area contributed by atoms with Gasteiger partial charge in [0.1, 0.15) is 5.75 Å². The Labute approximate surface area is 183 Å². The number of aliphatic hydroxyl groups is 1. The lowest BCUT2D eigenvalue weighted by Gasteiger charge is -2.17. The number of halogens is 6. The number of nitrogens with zero attached hydrogens (tertiary/aromatic N) is 2. The maximum absolute atomic E-state index is 13.5. The molecule has 172 valence electrons. The molecule has 1 aromatic heterocycles. The summed E-state index contributed by atoms with van der Waals surface area (Å²) < 4.78 is 85.6. The lowest BCUT2D eigenvalue weighted by atomic mass is 10.0. The molecule has 0 amide bonds. The van der Waals surface area contributed by atoms with Crippen molar-refractivity contribution in [2.45, 2.75) is 36.4 Å². The first kappa shape index (κ1) is 24.0. The molecular formula is C21H18F6N2O2S. The second-order valence-electron chi connectivity index (χ2n) is 6.81. The third kappa shape index (κ3) is 5.77. The zero-order chi connectivity index (χ0) is 23.5. The number of hydrogen-bond acceptors (Lipinski definition) is 4. The van der Waals surface area contributed by atoms with Gasteiger partial charge in [-0.25, -0.2) is 4.98 Å². The molecule has 32 heavy (non-hydrogen) atoms. The van der Waals surface area contributed by atoms with E-state index in [0.717, 1.165) is 11.6 Å². The highest BCUT2D eigenvalue weighted by Gasteiger charge is 2.38. The van der Waals surface area contributed by atoms with Crippen LogP contribution in [0, 0.1) is 0 Å². The number of alkyl halides is 6. The molecule has 0 unspecified atom stereocenters. The third-order valence-corrected chi connectivity index (χ3v) is 5.62. The molecular weight excluding hydrogens is 458 g/mol. The van der Waals surface area contributed by atoms with Crippen LogP contribution in [0.1, 0.15) is 27.9 Å². The number of benzene rings is 2. The van der Waals surface area contributed by atoms with Crippen LogP contribution in [-0.2, 0) is 31.3 Å². The van der Waals surface area contributed by atoms with Crippen LogP contribution in [0.3, 0.4) is 0 Å². The molecule has 0 fully saturated rings. The zero-order valence-electron chi connectivity index (χ0n) is 16.7. The minimum Gasteiger partial charge on any atom is -0.497 e. The molecule has 1 heterocycles. The molecule has 0 spiro atoms. The maximum Gasteiger partial charge on any atom is 0.416 e. The van der Waals surface area contributed by atoms with Crippen LogP contribution in [0.4, 0.5) is 26.3 Å². The van der Waals surface area contributed by atoms with Gasteiger partial charge < -0.3 is 14.4 Å². The molecule has 2 aromatic carbocycles. The fourth-order valence-electron chi connectivity index (χ4n) is 2.96. The molecule has 11 heteroatoms. The molecule has 0 aliphatic carbocycles. The van der Waals surface area contributed by atoms with Crippen molar-refractivity contribution in [1.29, 1.82) is 0 Å². The Bertz CT molecular complexity index is 1060. The predicted molar refractivity (Wildman–Crippen MR) is 106 cm³/mol. The molecule has 0 aliphatic heterocycles. The average molecular weight is 476 g/mol.